The van der Waals surface area contributed by atoms with Gasteiger partial charge in [-0.2, -0.15) is 5.10 Å². The number of hydrogen-bond donors (Lipinski definition) is 3. The molecule has 1 heterocycles. The first-order chi connectivity index (χ1) is 14.5. The van der Waals surface area contributed by atoms with Gasteiger partial charge in [-0.1, -0.05) is 0 Å². The molecule has 3 N–H and O–H groups in total. The highest BCUT2D eigenvalue weighted by atomic mass is 16.5. The average molecular weight is 413 g/mol. The minimum Gasteiger partial charge on any atom is -0.507 e. The summed E-state index contributed by atoms with van der Waals surface area (Å²) in [7, 11) is 3.07. The van der Waals surface area contributed by atoms with Gasteiger partial charge in [0.05, 0.1) is 33.0 Å². The van der Waals surface area contributed by atoms with E-state index in [1.165, 1.54) is 38.4 Å². The van der Waals surface area contributed by atoms with Gasteiger partial charge in [0, 0.05) is 17.2 Å². The first kappa shape index (κ1) is 21.6. The van der Waals surface area contributed by atoms with Crippen molar-refractivity contribution in [2.45, 2.75) is 32.7 Å². The molecule has 7 heteroatoms. The van der Waals surface area contributed by atoms with E-state index in [1.807, 2.05) is 19.1 Å². The van der Waals surface area contributed by atoms with Gasteiger partial charge in [-0.05, 0) is 62.1 Å². The van der Waals surface area contributed by atoms with Crippen molar-refractivity contribution in [2.24, 2.45) is 5.10 Å². The summed E-state index contributed by atoms with van der Waals surface area (Å²) in [6, 6.07) is 10.4. The van der Waals surface area contributed by atoms with E-state index in [2.05, 4.69) is 10.5 Å². The monoisotopic (exact) mass is 412 g/mol. The summed E-state index contributed by atoms with van der Waals surface area (Å²) in [6.07, 6.45) is 3.76. The van der Waals surface area contributed by atoms with Crippen LogP contribution in [0.4, 0.5) is 0 Å². The first-order valence-corrected chi connectivity index (χ1v) is 10.2. The van der Waals surface area contributed by atoms with Gasteiger partial charge in [0.15, 0.2) is 0 Å². The van der Waals surface area contributed by atoms with Crippen LogP contribution in [0.3, 0.4) is 0 Å². The minimum atomic E-state index is -0.358. The van der Waals surface area contributed by atoms with Crippen LogP contribution in [0.2, 0.25) is 0 Å². The number of nitrogens with one attached hydrogen (secondary N) is 2. The molecule has 1 aliphatic rings. The molecule has 0 spiro atoms. The molecule has 0 aliphatic carbocycles. The number of hydrazone groups is 1. The van der Waals surface area contributed by atoms with Crippen LogP contribution in [0.5, 0.6) is 17.2 Å². The van der Waals surface area contributed by atoms with Crippen LogP contribution in [0.25, 0.3) is 0 Å². The number of quaternary nitrogens is 1. The number of phenols is 1. The minimum absolute atomic E-state index is 0.303. The van der Waals surface area contributed by atoms with Gasteiger partial charge in [-0.15, -0.1) is 0 Å². The average Bonchev–Trinajstić information content (AvgIpc) is 2.78. The molecule has 3 rings (SSSR count). The molecule has 1 saturated heterocycles. The molecule has 0 radical (unpaired) electrons. The number of rotatable bonds is 7. The zero-order valence-electron chi connectivity index (χ0n) is 17.8. The summed E-state index contributed by atoms with van der Waals surface area (Å²) < 4.78 is 10.4. The summed E-state index contributed by atoms with van der Waals surface area (Å²) in [6.45, 7) is 4.90. The van der Waals surface area contributed by atoms with Crippen LogP contribution in [0.1, 0.15) is 47.7 Å². The lowest BCUT2D eigenvalue weighted by molar-refractivity contribution is -0.918. The molecule has 0 bridgehead atoms. The number of hydrogen-bond acceptors (Lipinski definition) is 5. The Balaban J connectivity index is 1.72. The number of phenolic OH excluding ortho intramolecular Hbond substituents is 1. The Bertz CT molecular complexity index is 898. The molecule has 7 nitrogen and oxygen atoms in total. The Morgan fingerprint density at radius 2 is 1.70 bits per heavy atom. The molecule has 1 fully saturated rings. The third kappa shape index (κ3) is 5.51. The third-order valence-corrected chi connectivity index (χ3v) is 5.44. The second-order valence-electron chi connectivity index (χ2n) is 7.57. The Morgan fingerprint density at radius 1 is 1.03 bits per heavy atom. The second kappa shape index (κ2) is 10.1. The zero-order valence-corrected chi connectivity index (χ0v) is 17.8. The summed E-state index contributed by atoms with van der Waals surface area (Å²) in [5, 5.41) is 14.5. The predicted octanol–water partition coefficient (Wildman–Crippen LogP) is 2.13. The maximum absolute atomic E-state index is 12.5. The van der Waals surface area contributed by atoms with Crippen LogP contribution in [0.15, 0.2) is 41.5 Å². The van der Waals surface area contributed by atoms with Crippen molar-refractivity contribution in [3.05, 3.63) is 53.1 Å². The number of carbonyl (C=O) groups excluding carboxylic acids is 1. The van der Waals surface area contributed by atoms with Crippen molar-refractivity contribution in [1.29, 1.82) is 0 Å². The zero-order chi connectivity index (χ0) is 21.5. The standard InChI is InChI=1S/C23H29N3O4/c1-16(24-25-23(28)18-12-20(29-2)14-21(13-18)30-3)17-7-8-22(27)19(11-17)15-26-9-5-4-6-10-26/h7-8,11-14,27H,4-6,9-10,15H2,1-3H3,(H,25,28)/p+1/b24-16+. The van der Waals surface area contributed by atoms with Crippen molar-refractivity contribution in [3.8, 4) is 17.2 Å². The molecule has 1 aliphatic heterocycles. The maximum atomic E-state index is 12.5. The molecule has 0 unspecified atom stereocenters. The predicted molar refractivity (Wildman–Crippen MR) is 116 cm³/mol. The van der Waals surface area contributed by atoms with Crippen molar-refractivity contribution < 1.29 is 24.3 Å². The molecule has 160 valence electrons. The number of amides is 1. The number of methoxy groups -OCH3 is 2. The highest BCUT2D eigenvalue weighted by Crippen LogP contribution is 2.22. The molecular weight excluding hydrogens is 382 g/mol. The van der Waals surface area contributed by atoms with Gasteiger partial charge in [0.25, 0.3) is 5.91 Å². The summed E-state index contributed by atoms with van der Waals surface area (Å²) in [4.78, 5) is 14.0. The summed E-state index contributed by atoms with van der Waals surface area (Å²) in [5.74, 6) is 1.01. The van der Waals surface area contributed by atoms with Gasteiger partial charge in [0.2, 0.25) is 0 Å². The van der Waals surface area contributed by atoms with Crippen molar-refractivity contribution in [3.63, 3.8) is 0 Å². The van der Waals surface area contributed by atoms with Gasteiger partial charge in [-0.3, -0.25) is 4.79 Å². The van der Waals surface area contributed by atoms with E-state index in [9.17, 15) is 9.90 Å². The largest absolute Gasteiger partial charge is 0.507 e. The smallest absolute Gasteiger partial charge is 0.271 e. The van der Waals surface area contributed by atoms with E-state index in [4.69, 9.17) is 9.47 Å². The van der Waals surface area contributed by atoms with Gasteiger partial charge >= 0.3 is 0 Å². The highest BCUT2D eigenvalue weighted by molar-refractivity contribution is 6.01. The molecule has 2 aromatic rings. The molecule has 0 aromatic heterocycles. The van der Waals surface area contributed by atoms with Crippen LogP contribution in [-0.4, -0.2) is 44.0 Å². The normalized spacial score (nSPS) is 15.0. The summed E-state index contributed by atoms with van der Waals surface area (Å²) in [5.41, 5.74) is 5.41. The van der Waals surface area contributed by atoms with Gasteiger partial charge in [0.1, 0.15) is 23.8 Å². The van der Waals surface area contributed by atoms with Crippen molar-refractivity contribution >= 4 is 11.6 Å². The Morgan fingerprint density at radius 3 is 2.33 bits per heavy atom. The topological polar surface area (TPSA) is 84.6 Å². The van der Waals surface area contributed by atoms with Crippen LogP contribution < -0.4 is 19.8 Å². The van der Waals surface area contributed by atoms with E-state index in [1.54, 1.807) is 24.3 Å². The quantitative estimate of drug-likeness (QED) is 0.481. The lowest BCUT2D eigenvalue weighted by Crippen LogP contribution is -3.11. The summed E-state index contributed by atoms with van der Waals surface area (Å²) >= 11 is 0. The fraction of sp³-hybridized carbons (Fsp3) is 0.391. The molecule has 0 saturated carbocycles. The maximum Gasteiger partial charge on any atom is 0.271 e. The Labute approximate surface area is 177 Å². The van der Waals surface area contributed by atoms with Crippen molar-refractivity contribution in [1.82, 2.24) is 5.43 Å². The third-order valence-electron chi connectivity index (χ3n) is 5.44. The second-order valence-corrected chi connectivity index (χ2v) is 7.57. The lowest BCUT2D eigenvalue weighted by atomic mass is 10.0. The number of ether oxygens (including phenoxy) is 2. The number of aromatic hydroxyl groups is 1. The Hall–Kier alpha value is -3.06. The molecule has 30 heavy (non-hydrogen) atoms. The van der Waals surface area contributed by atoms with E-state index in [-0.39, 0.29) is 5.91 Å². The van der Waals surface area contributed by atoms with E-state index >= 15 is 0 Å². The fourth-order valence-corrected chi connectivity index (χ4v) is 3.65. The van der Waals surface area contributed by atoms with Gasteiger partial charge < -0.3 is 19.5 Å². The molecule has 1 amide bonds. The number of likely N-dealkylation sites (tertiary alicyclic amines) is 1. The number of nitrogens with zero attached hydrogens (tertiary/aromatic N) is 1. The van der Waals surface area contributed by atoms with Crippen LogP contribution in [-0.2, 0) is 6.54 Å². The number of benzene rings is 2. The van der Waals surface area contributed by atoms with Crippen LogP contribution in [0, 0.1) is 0 Å². The molecule has 0 atom stereocenters. The molecule has 2 aromatic carbocycles. The number of piperidine rings is 1. The highest BCUT2D eigenvalue weighted by Gasteiger charge is 2.17. The first-order valence-electron chi connectivity index (χ1n) is 10.2. The fourth-order valence-electron chi connectivity index (χ4n) is 3.65. The van der Waals surface area contributed by atoms with Crippen LogP contribution >= 0.6 is 0 Å². The van der Waals surface area contributed by atoms with Crippen molar-refractivity contribution in [2.75, 3.05) is 27.3 Å². The van der Waals surface area contributed by atoms with Gasteiger partial charge in [-0.25, -0.2) is 5.43 Å². The Kier molecular flexibility index (Phi) is 7.30. The van der Waals surface area contributed by atoms with E-state index in [0.29, 0.717) is 28.5 Å². The number of carbonyl (C=O) groups is 1. The van der Waals surface area contributed by atoms with E-state index < -0.39 is 0 Å². The SMILES string of the molecule is COc1cc(OC)cc(C(=O)N/N=C(\C)c2ccc(O)c(C[NH+]3CCCCC3)c2)c1. The molecular formula is C23H30N3O4+. The van der Waals surface area contributed by atoms with E-state index in [0.717, 1.165) is 30.8 Å². The lowest BCUT2D eigenvalue weighted by Gasteiger charge is -2.24.